The van der Waals surface area contributed by atoms with Crippen LogP contribution in [0.3, 0.4) is 0 Å². The van der Waals surface area contributed by atoms with E-state index >= 15 is 0 Å². The molecule has 0 unspecified atom stereocenters. The number of amides is 2. The van der Waals surface area contributed by atoms with E-state index in [1.165, 1.54) is 30.5 Å². The second kappa shape index (κ2) is 7.35. The molecule has 0 aliphatic carbocycles. The van der Waals surface area contributed by atoms with Crippen molar-refractivity contribution in [3.05, 3.63) is 42.3 Å². The molecule has 1 aromatic carbocycles. The first-order valence-electron chi connectivity index (χ1n) is 7.94. The van der Waals surface area contributed by atoms with Crippen molar-refractivity contribution >= 4 is 17.5 Å². The lowest BCUT2D eigenvalue weighted by Gasteiger charge is -2.29. The molecular formula is C17H19FN4O3. The van der Waals surface area contributed by atoms with Crippen molar-refractivity contribution in [3.63, 3.8) is 0 Å². The van der Waals surface area contributed by atoms with Gasteiger partial charge in [0.2, 0.25) is 0 Å². The summed E-state index contributed by atoms with van der Waals surface area (Å²) in [4.78, 5) is 17.9. The van der Waals surface area contributed by atoms with Crippen LogP contribution in [0.25, 0.3) is 0 Å². The molecule has 25 heavy (non-hydrogen) atoms. The summed E-state index contributed by atoms with van der Waals surface area (Å²) in [7, 11) is 0. The topological polar surface area (TPSA) is 101 Å². The summed E-state index contributed by atoms with van der Waals surface area (Å²) in [5.74, 6) is 0.0875. The van der Waals surface area contributed by atoms with Gasteiger partial charge in [0.1, 0.15) is 11.6 Å². The zero-order valence-electron chi connectivity index (χ0n) is 13.5. The van der Waals surface area contributed by atoms with E-state index < -0.39 is 5.82 Å². The number of carbonyl (C=O) groups is 1. The van der Waals surface area contributed by atoms with E-state index in [4.69, 9.17) is 10.5 Å². The van der Waals surface area contributed by atoms with Crippen molar-refractivity contribution in [1.29, 1.82) is 0 Å². The second-order valence-electron chi connectivity index (χ2n) is 5.82. The summed E-state index contributed by atoms with van der Waals surface area (Å²) < 4.78 is 19.3. The van der Waals surface area contributed by atoms with Crippen molar-refractivity contribution in [2.45, 2.75) is 18.9 Å². The number of nitrogen functional groups attached to an aromatic ring is 1. The summed E-state index contributed by atoms with van der Waals surface area (Å²) in [6.07, 6.45) is 2.22. The first kappa shape index (κ1) is 17.0. The summed E-state index contributed by atoms with van der Waals surface area (Å²) in [5, 5.41) is 12.2. The Morgan fingerprint density at radius 2 is 2.08 bits per heavy atom. The summed E-state index contributed by atoms with van der Waals surface area (Å²) >= 11 is 0. The molecule has 0 saturated carbocycles. The highest BCUT2D eigenvalue weighted by Gasteiger charge is 2.21. The minimum absolute atomic E-state index is 0.0303. The van der Waals surface area contributed by atoms with Crippen LogP contribution in [-0.2, 0) is 0 Å². The van der Waals surface area contributed by atoms with E-state index in [2.05, 4.69) is 10.3 Å². The summed E-state index contributed by atoms with van der Waals surface area (Å²) in [6.45, 7) is 0.972. The standard InChI is InChI=1S/C17H19FN4O3/c18-14-9-11(19)1-2-15(14)25-13-3-6-20-16(10-13)21-17(24)22-7-4-12(23)5-8-22/h1-3,6,9-10,12,23H,4-5,7-8,19H2,(H,20,21,24). The molecule has 2 amide bonds. The number of nitrogens with two attached hydrogens (primary N) is 1. The molecule has 1 aliphatic rings. The van der Waals surface area contributed by atoms with E-state index in [0.717, 1.165) is 0 Å². The van der Waals surface area contributed by atoms with Gasteiger partial charge in [-0.15, -0.1) is 0 Å². The fourth-order valence-electron chi connectivity index (χ4n) is 2.53. The predicted molar refractivity (Wildman–Crippen MR) is 91.0 cm³/mol. The van der Waals surface area contributed by atoms with Crippen LogP contribution in [0.15, 0.2) is 36.5 Å². The van der Waals surface area contributed by atoms with E-state index in [1.807, 2.05) is 0 Å². The van der Waals surface area contributed by atoms with Crippen LogP contribution in [0.4, 0.5) is 20.7 Å². The molecule has 0 bridgehead atoms. The number of nitrogens with zero attached hydrogens (tertiary/aromatic N) is 2. The fraction of sp³-hybridized carbons (Fsp3) is 0.294. The van der Waals surface area contributed by atoms with E-state index in [-0.39, 0.29) is 17.9 Å². The van der Waals surface area contributed by atoms with Gasteiger partial charge in [0.15, 0.2) is 11.6 Å². The Morgan fingerprint density at radius 3 is 2.80 bits per heavy atom. The maximum Gasteiger partial charge on any atom is 0.323 e. The van der Waals surface area contributed by atoms with Gasteiger partial charge in [0.05, 0.1) is 6.10 Å². The third kappa shape index (κ3) is 4.36. The smallest absolute Gasteiger partial charge is 0.323 e. The molecule has 7 nitrogen and oxygen atoms in total. The van der Waals surface area contributed by atoms with Crippen LogP contribution in [0, 0.1) is 5.82 Å². The van der Waals surface area contributed by atoms with Crippen LogP contribution in [-0.4, -0.2) is 40.2 Å². The normalized spacial score (nSPS) is 15.0. The number of likely N-dealkylation sites (tertiary alicyclic amines) is 1. The Labute approximate surface area is 144 Å². The Balaban J connectivity index is 1.66. The summed E-state index contributed by atoms with van der Waals surface area (Å²) in [6, 6.07) is 6.91. The third-order valence-corrected chi connectivity index (χ3v) is 3.90. The predicted octanol–water partition coefficient (Wildman–Crippen LogP) is 2.58. The van der Waals surface area contributed by atoms with Crippen molar-refractivity contribution in [2.24, 2.45) is 0 Å². The average Bonchev–Trinajstić information content (AvgIpc) is 2.58. The SMILES string of the molecule is Nc1ccc(Oc2ccnc(NC(=O)N3CCC(O)CC3)c2)c(F)c1. The van der Waals surface area contributed by atoms with Crippen LogP contribution < -0.4 is 15.8 Å². The molecule has 1 fully saturated rings. The van der Waals surface area contributed by atoms with Crippen LogP contribution >= 0.6 is 0 Å². The molecule has 2 heterocycles. The molecule has 1 aromatic heterocycles. The number of anilines is 2. The van der Waals surface area contributed by atoms with Crippen LogP contribution in [0.1, 0.15) is 12.8 Å². The number of rotatable bonds is 3. The first-order valence-corrected chi connectivity index (χ1v) is 7.94. The average molecular weight is 346 g/mol. The number of halogens is 1. The molecule has 0 spiro atoms. The van der Waals surface area contributed by atoms with Crippen LogP contribution in [0.5, 0.6) is 11.5 Å². The third-order valence-electron chi connectivity index (χ3n) is 3.90. The number of piperidine rings is 1. The lowest BCUT2D eigenvalue weighted by Crippen LogP contribution is -2.42. The highest BCUT2D eigenvalue weighted by Crippen LogP contribution is 2.27. The number of hydrogen-bond acceptors (Lipinski definition) is 5. The van der Waals surface area contributed by atoms with Gasteiger partial charge in [-0.1, -0.05) is 0 Å². The molecule has 1 saturated heterocycles. The quantitative estimate of drug-likeness (QED) is 0.742. The number of benzene rings is 1. The lowest BCUT2D eigenvalue weighted by molar-refractivity contribution is 0.0972. The zero-order chi connectivity index (χ0) is 17.8. The van der Waals surface area contributed by atoms with E-state index in [9.17, 15) is 14.3 Å². The largest absolute Gasteiger partial charge is 0.454 e. The summed E-state index contributed by atoms with van der Waals surface area (Å²) in [5.41, 5.74) is 5.81. The molecule has 0 radical (unpaired) electrons. The van der Waals surface area contributed by atoms with Gasteiger partial charge in [-0.05, 0) is 31.0 Å². The number of aliphatic hydroxyl groups is 1. The maximum atomic E-state index is 13.8. The lowest BCUT2D eigenvalue weighted by atomic mass is 10.1. The van der Waals surface area contributed by atoms with Crippen molar-refractivity contribution in [3.8, 4) is 11.5 Å². The minimum atomic E-state index is -0.575. The number of carbonyl (C=O) groups excluding carboxylic acids is 1. The number of pyridine rings is 1. The molecule has 132 valence electrons. The zero-order valence-corrected chi connectivity index (χ0v) is 13.5. The van der Waals surface area contributed by atoms with E-state index in [0.29, 0.717) is 43.2 Å². The van der Waals surface area contributed by atoms with Gasteiger partial charge in [-0.2, -0.15) is 0 Å². The van der Waals surface area contributed by atoms with Gasteiger partial charge in [-0.25, -0.2) is 14.2 Å². The van der Waals surface area contributed by atoms with E-state index in [1.54, 1.807) is 11.0 Å². The molecule has 0 atom stereocenters. The molecule has 4 N–H and O–H groups in total. The van der Waals surface area contributed by atoms with Gasteiger partial charge in [-0.3, -0.25) is 5.32 Å². The Hall–Kier alpha value is -2.87. The molecule has 2 aromatic rings. The highest BCUT2D eigenvalue weighted by molar-refractivity contribution is 5.88. The molecule has 1 aliphatic heterocycles. The van der Waals surface area contributed by atoms with Gasteiger partial charge in [0, 0.05) is 37.1 Å². The van der Waals surface area contributed by atoms with Crippen molar-refractivity contribution < 1.29 is 19.0 Å². The number of aromatic nitrogens is 1. The van der Waals surface area contributed by atoms with Crippen molar-refractivity contribution in [2.75, 3.05) is 24.1 Å². The van der Waals surface area contributed by atoms with Gasteiger partial charge in [0.25, 0.3) is 0 Å². The highest BCUT2D eigenvalue weighted by atomic mass is 19.1. The van der Waals surface area contributed by atoms with Crippen LogP contribution in [0.2, 0.25) is 0 Å². The molecular weight excluding hydrogens is 327 g/mol. The minimum Gasteiger partial charge on any atom is -0.454 e. The van der Waals surface area contributed by atoms with Crippen molar-refractivity contribution in [1.82, 2.24) is 9.88 Å². The molecule has 8 heteroatoms. The number of ether oxygens (including phenoxy) is 1. The Kier molecular flexibility index (Phi) is 4.99. The van der Waals surface area contributed by atoms with Gasteiger partial charge < -0.3 is 20.5 Å². The first-order chi connectivity index (χ1) is 12.0. The number of nitrogens with one attached hydrogen (secondary N) is 1. The second-order valence-corrected chi connectivity index (χ2v) is 5.82. The number of urea groups is 1. The Morgan fingerprint density at radius 1 is 1.32 bits per heavy atom. The number of aliphatic hydroxyl groups excluding tert-OH is 1. The Bertz CT molecular complexity index is 763. The fourth-order valence-corrected chi connectivity index (χ4v) is 2.53. The number of hydrogen-bond donors (Lipinski definition) is 3. The maximum absolute atomic E-state index is 13.8. The van der Waals surface area contributed by atoms with Gasteiger partial charge >= 0.3 is 6.03 Å². The molecule has 3 rings (SSSR count). The monoisotopic (exact) mass is 346 g/mol.